The molecule has 0 saturated carbocycles. The average molecular weight is 556 g/mol. The third kappa shape index (κ3) is 5.21. The second-order valence-electron chi connectivity index (χ2n) is 13.4. The summed E-state index contributed by atoms with van der Waals surface area (Å²) in [7, 11) is 0. The van der Waals surface area contributed by atoms with E-state index in [0.717, 1.165) is 21.9 Å². The highest BCUT2D eigenvalue weighted by molar-refractivity contribution is 7.16. The standard InChI is InChI=1S/C37H37N3S/c1-35(2,3)24-10-14-27(15-11-24)40(28-16-12-25(13-17-28)36(4,5)6)29-18-19-31-32(21-29)37(7,8)33-22-30(41-34(31)33)20-26(23-38)39-9/h10-22H,1-8H3/b26-20-. The zero-order chi connectivity index (χ0) is 29.7. The van der Waals surface area contributed by atoms with Gasteiger partial charge in [0.1, 0.15) is 0 Å². The molecule has 0 N–H and O–H groups in total. The van der Waals surface area contributed by atoms with Crippen molar-refractivity contribution in [1.82, 2.24) is 0 Å². The molecule has 1 heterocycles. The van der Waals surface area contributed by atoms with Crippen LogP contribution in [-0.2, 0) is 16.2 Å². The van der Waals surface area contributed by atoms with Crippen LogP contribution in [0.3, 0.4) is 0 Å². The molecular weight excluding hydrogens is 518 g/mol. The summed E-state index contributed by atoms with van der Waals surface area (Å²) in [5.74, 6) is 0. The lowest BCUT2D eigenvalue weighted by atomic mass is 9.82. The minimum absolute atomic E-state index is 0.0868. The molecule has 0 radical (unpaired) electrons. The number of nitrogens with zero attached hydrogens (tertiary/aromatic N) is 3. The molecule has 0 fully saturated rings. The normalized spacial score (nSPS) is 14.1. The van der Waals surface area contributed by atoms with E-state index in [-0.39, 0.29) is 21.9 Å². The van der Waals surface area contributed by atoms with E-state index >= 15 is 0 Å². The Balaban J connectivity index is 1.63. The lowest BCUT2D eigenvalue weighted by molar-refractivity contribution is 0.590. The fourth-order valence-electron chi connectivity index (χ4n) is 5.57. The van der Waals surface area contributed by atoms with Gasteiger partial charge in [-0.15, -0.1) is 11.3 Å². The molecule has 1 aliphatic carbocycles. The van der Waals surface area contributed by atoms with Crippen molar-refractivity contribution >= 4 is 34.5 Å². The Hall–Kier alpha value is -4.12. The molecule has 0 atom stereocenters. The molecule has 0 saturated heterocycles. The SMILES string of the molecule is [C-]#[N+]/C(C#N)=C\c1cc2c(s1)-c1ccc(N(c3ccc(C(C)(C)C)cc3)c3ccc(C(C)(C)C)cc3)cc1C2(C)C. The van der Waals surface area contributed by atoms with Crippen molar-refractivity contribution in [1.29, 1.82) is 5.26 Å². The number of rotatable bonds is 4. The molecule has 41 heavy (non-hydrogen) atoms. The summed E-state index contributed by atoms with van der Waals surface area (Å²) < 4.78 is 0. The molecule has 0 aliphatic heterocycles. The quantitative estimate of drug-likeness (QED) is 0.185. The highest BCUT2D eigenvalue weighted by Gasteiger charge is 2.38. The summed E-state index contributed by atoms with van der Waals surface area (Å²) in [5, 5.41) is 9.24. The molecule has 3 aromatic carbocycles. The Morgan fingerprint density at radius 2 is 1.32 bits per heavy atom. The Morgan fingerprint density at radius 1 is 0.805 bits per heavy atom. The van der Waals surface area contributed by atoms with E-state index in [1.54, 1.807) is 17.4 Å². The summed E-state index contributed by atoms with van der Waals surface area (Å²) in [4.78, 5) is 7.87. The predicted molar refractivity (Wildman–Crippen MR) is 174 cm³/mol. The number of fused-ring (bicyclic) bond motifs is 3. The van der Waals surface area contributed by atoms with Gasteiger partial charge in [0.25, 0.3) is 5.70 Å². The molecule has 0 bridgehead atoms. The fraction of sp³-hybridized carbons (Fsp3) is 0.297. The predicted octanol–water partition coefficient (Wildman–Crippen LogP) is 10.9. The highest BCUT2D eigenvalue weighted by Crippen LogP contribution is 2.54. The molecule has 206 valence electrons. The molecule has 0 unspecified atom stereocenters. The van der Waals surface area contributed by atoms with E-state index in [9.17, 15) is 5.26 Å². The fourth-order valence-corrected chi connectivity index (χ4v) is 6.86. The molecule has 4 aromatic rings. The second-order valence-corrected chi connectivity index (χ2v) is 14.5. The number of allylic oxidation sites excluding steroid dienone is 1. The molecule has 1 aliphatic rings. The molecule has 5 rings (SSSR count). The molecular formula is C37H37N3S. The second kappa shape index (κ2) is 10.1. The Labute approximate surface area is 249 Å². The van der Waals surface area contributed by atoms with Gasteiger partial charge in [-0.1, -0.05) is 85.7 Å². The lowest BCUT2D eigenvalue weighted by Gasteiger charge is -2.29. The van der Waals surface area contributed by atoms with Gasteiger partial charge >= 0.3 is 0 Å². The topological polar surface area (TPSA) is 31.4 Å². The van der Waals surface area contributed by atoms with Gasteiger partial charge in [-0.2, -0.15) is 0 Å². The largest absolute Gasteiger partial charge is 0.310 e. The molecule has 3 nitrogen and oxygen atoms in total. The Kier molecular flexibility index (Phi) is 6.97. The van der Waals surface area contributed by atoms with E-state index in [0.29, 0.717) is 0 Å². The Morgan fingerprint density at radius 3 is 1.78 bits per heavy atom. The summed E-state index contributed by atoms with van der Waals surface area (Å²) in [6, 6.07) is 28.8. The Bertz CT molecular complexity index is 1650. The smallest absolute Gasteiger partial charge is 0.263 e. The highest BCUT2D eigenvalue weighted by atomic mass is 32.1. The number of benzene rings is 3. The maximum Gasteiger partial charge on any atom is 0.263 e. The van der Waals surface area contributed by atoms with Gasteiger partial charge in [0.15, 0.2) is 0 Å². The van der Waals surface area contributed by atoms with Gasteiger partial charge in [0.05, 0.1) is 12.6 Å². The van der Waals surface area contributed by atoms with Crippen molar-refractivity contribution in [3.63, 3.8) is 0 Å². The van der Waals surface area contributed by atoms with Gasteiger partial charge in [-0.3, -0.25) is 0 Å². The van der Waals surface area contributed by atoms with Crippen LogP contribution in [0.15, 0.2) is 78.5 Å². The molecule has 4 heteroatoms. The van der Waals surface area contributed by atoms with Crippen molar-refractivity contribution in [3.05, 3.63) is 117 Å². The van der Waals surface area contributed by atoms with Crippen LogP contribution in [0.4, 0.5) is 17.1 Å². The summed E-state index contributed by atoms with van der Waals surface area (Å²) in [6.45, 7) is 25.3. The molecule has 1 aromatic heterocycles. The van der Waals surface area contributed by atoms with Crippen molar-refractivity contribution < 1.29 is 0 Å². The third-order valence-corrected chi connectivity index (χ3v) is 9.22. The number of anilines is 3. The number of hydrogen-bond donors (Lipinski definition) is 0. The molecule has 0 spiro atoms. The van der Waals surface area contributed by atoms with E-state index in [2.05, 4.69) is 138 Å². The van der Waals surface area contributed by atoms with Gasteiger partial charge in [-0.25, -0.2) is 10.1 Å². The third-order valence-electron chi connectivity index (χ3n) is 8.10. The zero-order valence-corrected chi connectivity index (χ0v) is 26.1. The van der Waals surface area contributed by atoms with Gasteiger partial charge in [-0.05, 0) is 87.2 Å². The van der Waals surface area contributed by atoms with Crippen LogP contribution in [0.1, 0.15) is 82.5 Å². The summed E-state index contributed by atoms with van der Waals surface area (Å²) >= 11 is 1.66. The van der Waals surface area contributed by atoms with Crippen LogP contribution in [0.25, 0.3) is 21.4 Å². The minimum Gasteiger partial charge on any atom is -0.310 e. The first kappa shape index (κ1) is 28.4. The van der Waals surface area contributed by atoms with Gasteiger partial charge in [0, 0.05) is 32.2 Å². The van der Waals surface area contributed by atoms with E-state index in [1.807, 2.05) is 6.07 Å². The van der Waals surface area contributed by atoms with Crippen LogP contribution in [0.5, 0.6) is 0 Å². The van der Waals surface area contributed by atoms with Crippen molar-refractivity contribution in [2.45, 2.75) is 71.6 Å². The average Bonchev–Trinajstić information content (AvgIpc) is 3.43. The monoisotopic (exact) mass is 555 g/mol. The first-order valence-electron chi connectivity index (χ1n) is 14.0. The van der Waals surface area contributed by atoms with Crippen LogP contribution in [0.2, 0.25) is 0 Å². The first-order valence-corrected chi connectivity index (χ1v) is 14.9. The van der Waals surface area contributed by atoms with E-state index in [4.69, 9.17) is 6.57 Å². The molecule has 0 amide bonds. The first-order chi connectivity index (χ1) is 19.2. The maximum atomic E-state index is 9.24. The summed E-state index contributed by atoms with van der Waals surface area (Å²) in [5.41, 5.74) is 9.86. The maximum absolute atomic E-state index is 9.24. The van der Waals surface area contributed by atoms with Crippen molar-refractivity contribution in [2.75, 3.05) is 4.90 Å². The van der Waals surface area contributed by atoms with Gasteiger partial charge < -0.3 is 4.90 Å². The van der Waals surface area contributed by atoms with Crippen LogP contribution < -0.4 is 4.90 Å². The van der Waals surface area contributed by atoms with Crippen molar-refractivity contribution in [2.24, 2.45) is 0 Å². The summed E-state index contributed by atoms with van der Waals surface area (Å²) in [6.07, 6.45) is 1.70. The van der Waals surface area contributed by atoms with Gasteiger partial charge in [0.2, 0.25) is 0 Å². The van der Waals surface area contributed by atoms with E-state index < -0.39 is 0 Å². The van der Waals surface area contributed by atoms with E-state index in [1.165, 1.54) is 32.7 Å². The number of thiophene rings is 1. The lowest BCUT2D eigenvalue weighted by Crippen LogP contribution is -2.17. The number of nitriles is 1. The minimum atomic E-state index is -0.202. The zero-order valence-electron chi connectivity index (χ0n) is 25.3. The van der Waals surface area contributed by atoms with Crippen LogP contribution >= 0.6 is 11.3 Å². The number of hydrogen-bond acceptors (Lipinski definition) is 3. The van der Waals surface area contributed by atoms with Crippen molar-refractivity contribution in [3.8, 4) is 16.5 Å². The van der Waals surface area contributed by atoms with Crippen LogP contribution in [-0.4, -0.2) is 0 Å². The van der Waals surface area contributed by atoms with Crippen LogP contribution in [0, 0.1) is 17.9 Å².